The van der Waals surface area contributed by atoms with Crippen LogP contribution in [-0.2, 0) is 9.63 Å². The lowest BCUT2D eigenvalue weighted by atomic mass is 9.45. The number of hydrogen-bond donors (Lipinski definition) is 0. The van der Waals surface area contributed by atoms with Gasteiger partial charge in [-0.05, 0) is 87.5 Å². The number of nitrogens with zero attached hydrogens (tertiary/aromatic N) is 2. The average molecular weight is 387 g/mol. The molecule has 4 heteroatoms. The number of rotatable bonds is 2. The third-order valence-corrected chi connectivity index (χ3v) is 9.89. The molecule has 4 nitrogen and oxygen atoms in total. The molecule has 0 N–H and O–H groups in total. The Morgan fingerprint density at radius 1 is 1.04 bits per heavy atom. The highest BCUT2D eigenvalue weighted by molar-refractivity contribution is 5.87. The Bertz CT molecular complexity index is 676. The van der Waals surface area contributed by atoms with Gasteiger partial charge in [-0.3, -0.25) is 4.79 Å². The van der Waals surface area contributed by atoms with Crippen molar-refractivity contribution in [3.05, 3.63) is 0 Å². The average Bonchev–Trinajstić information content (AvgIpc) is 3.23. The van der Waals surface area contributed by atoms with Crippen LogP contribution >= 0.6 is 0 Å². The molecule has 1 saturated heterocycles. The van der Waals surface area contributed by atoms with Crippen LogP contribution in [0.5, 0.6) is 0 Å². The number of oxime groups is 1. The van der Waals surface area contributed by atoms with Crippen LogP contribution in [0.1, 0.15) is 78.1 Å². The van der Waals surface area contributed by atoms with Crippen LogP contribution in [0.25, 0.3) is 0 Å². The molecule has 156 valence electrons. The summed E-state index contributed by atoms with van der Waals surface area (Å²) < 4.78 is 0. The number of ketones is 1. The topological polar surface area (TPSA) is 41.9 Å². The molecule has 4 saturated carbocycles. The van der Waals surface area contributed by atoms with E-state index in [1.165, 1.54) is 31.4 Å². The van der Waals surface area contributed by atoms with Crippen molar-refractivity contribution in [1.29, 1.82) is 0 Å². The molecule has 5 aliphatic rings. The number of carbonyl (C=O) groups is 1. The summed E-state index contributed by atoms with van der Waals surface area (Å²) in [6.07, 6.45) is 12.0. The van der Waals surface area contributed by atoms with Gasteiger partial charge in [0.05, 0.1) is 5.71 Å². The number of likely N-dealkylation sites (N-methyl/N-ethyl adjacent to an activating group) is 1. The predicted molar refractivity (Wildman–Crippen MR) is 111 cm³/mol. The van der Waals surface area contributed by atoms with Crippen LogP contribution in [0.3, 0.4) is 0 Å². The maximum atomic E-state index is 12.6. The molecule has 0 aromatic carbocycles. The minimum atomic E-state index is 0.00787. The highest BCUT2D eigenvalue weighted by Crippen LogP contribution is 2.65. The van der Waals surface area contributed by atoms with Crippen molar-refractivity contribution in [2.75, 3.05) is 20.1 Å². The molecule has 0 bridgehead atoms. The molecule has 5 fully saturated rings. The van der Waals surface area contributed by atoms with Gasteiger partial charge < -0.3 is 9.74 Å². The fourth-order valence-corrected chi connectivity index (χ4v) is 8.04. The molecular weight excluding hydrogens is 348 g/mol. The standard InChI is InChI=1S/C24H38N2O2/c1-23-11-8-17(25-28-18-10-13-26(3)15-18)14-16(23)4-5-19-20-6-7-22(27)24(20,2)12-9-21(19)23/h16,18-21H,4-15H2,1-3H3/t16?,18-,19?,20?,21?,23-,24-/m0/s1. The fraction of sp³-hybridized carbons (Fsp3) is 0.917. The van der Waals surface area contributed by atoms with Crippen LogP contribution in [0.15, 0.2) is 5.16 Å². The summed E-state index contributed by atoms with van der Waals surface area (Å²) in [4.78, 5) is 20.8. The van der Waals surface area contributed by atoms with Crippen molar-refractivity contribution in [2.24, 2.45) is 39.7 Å². The Morgan fingerprint density at radius 3 is 2.68 bits per heavy atom. The van der Waals surface area contributed by atoms with E-state index in [0.717, 1.165) is 69.4 Å². The molecule has 0 amide bonds. The Labute approximate surface area is 170 Å². The smallest absolute Gasteiger partial charge is 0.141 e. The zero-order valence-electron chi connectivity index (χ0n) is 18.1. The van der Waals surface area contributed by atoms with E-state index in [2.05, 4.69) is 31.0 Å². The largest absolute Gasteiger partial charge is 0.391 e. The van der Waals surface area contributed by atoms with E-state index in [9.17, 15) is 4.79 Å². The summed E-state index contributed by atoms with van der Waals surface area (Å²) >= 11 is 0. The van der Waals surface area contributed by atoms with Crippen LogP contribution in [0.4, 0.5) is 0 Å². The highest BCUT2D eigenvalue weighted by atomic mass is 16.6. The second-order valence-corrected chi connectivity index (χ2v) is 11.2. The van der Waals surface area contributed by atoms with Crippen LogP contribution in [0.2, 0.25) is 0 Å². The summed E-state index contributed by atoms with van der Waals surface area (Å²) in [6.45, 7) is 7.01. The molecule has 4 unspecified atom stereocenters. The quantitative estimate of drug-likeness (QED) is 0.647. The number of likely N-dealkylation sites (tertiary alicyclic amines) is 1. The molecule has 28 heavy (non-hydrogen) atoms. The van der Waals surface area contributed by atoms with Crippen LogP contribution < -0.4 is 0 Å². The number of carbonyl (C=O) groups excluding carboxylic acids is 1. The SMILES string of the molecule is CN1CC[C@H](ON=C2CC[C@@]3(C)C(CCC4C3CC[C@]3(C)C(=O)CCC43)C2)C1. The van der Waals surface area contributed by atoms with E-state index in [1.54, 1.807) is 0 Å². The number of fused-ring (bicyclic) bond motifs is 5. The van der Waals surface area contributed by atoms with E-state index < -0.39 is 0 Å². The van der Waals surface area contributed by atoms with Crippen molar-refractivity contribution >= 4 is 11.5 Å². The van der Waals surface area contributed by atoms with Gasteiger partial charge in [-0.25, -0.2) is 0 Å². The molecule has 0 aromatic rings. The van der Waals surface area contributed by atoms with E-state index in [4.69, 9.17) is 4.84 Å². The zero-order chi connectivity index (χ0) is 19.5. The molecular formula is C24H38N2O2. The maximum absolute atomic E-state index is 12.6. The summed E-state index contributed by atoms with van der Waals surface area (Å²) in [5.41, 5.74) is 1.77. The molecule has 1 heterocycles. The molecule has 4 aliphatic carbocycles. The molecule has 0 aromatic heterocycles. The van der Waals surface area contributed by atoms with Crippen molar-refractivity contribution in [3.63, 3.8) is 0 Å². The summed E-state index contributed by atoms with van der Waals surface area (Å²) in [5.74, 6) is 3.60. The van der Waals surface area contributed by atoms with Gasteiger partial charge in [-0.15, -0.1) is 0 Å². The first-order valence-corrected chi connectivity index (χ1v) is 11.8. The summed E-state index contributed by atoms with van der Waals surface area (Å²) in [6, 6.07) is 0. The maximum Gasteiger partial charge on any atom is 0.141 e. The van der Waals surface area contributed by atoms with Crippen molar-refractivity contribution in [1.82, 2.24) is 4.90 Å². The molecule has 0 spiro atoms. The first-order valence-electron chi connectivity index (χ1n) is 11.8. The normalized spacial score (nSPS) is 50.3. The Hall–Kier alpha value is -0.900. The third-order valence-electron chi connectivity index (χ3n) is 9.89. The van der Waals surface area contributed by atoms with Crippen molar-refractivity contribution in [3.8, 4) is 0 Å². The number of hydrogen-bond acceptors (Lipinski definition) is 4. The van der Waals surface area contributed by atoms with Gasteiger partial charge in [0.2, 0.25) is 0 Å². The van der Waals surface area contributed by atoms with Crippen LogP contribution in [0, 0.1) is 34.5 Å². The van der Waals surface area contributed by atoms with Crippen LogP contribution in [-0.4, -0.2) is 42.6 Å². The molecule has 5 rings (SSSR count). The fourth-order valence-electron chi connectivity index (χ4n) is 8.04. The minimum absolute atomic E-state index is 0.00787. The van der Waals surface area contributed by atoms with Gasteiger partial charge in [-0.1, -0.05) is 19.0 Å². The van der Waals surface area contributed by atoms with E-state index in [0.29, 0.717) is 17.1 Å². The Balaban J connectivity index is 1.28. The Kier molecular flexibility index (Phi) is 4.65. The first-order chi connectivity index (χ1) is 13.4. The van der Waals surface area contributed by atoms with Gasteiger partial charge in [-0.2, -0.15) is 0 Å². The first kappa shape index (κ1) is 19.1. The van der Waals surface area contributed by atoms with Gasteiger partial charge in [0.25, 0.3) is 0 Å². The van der Waals surface area contributed by atoms with Crippen molar-refractivity contribution in [2.45, 2.75) is 84.2 Å². The lowest BCUT2D eigenvalue weighted by Gasteiger charge is -2.59. The summed E-state index contributed by atoms with van der Waals surface area (Å²) in [5, 5.41) is 4.65. The lowest BCUT2D eigenvalue weighted by Crippen LogP contribution is -2.53. The van der Waals surface area contributed by atoms with Gasteiger partial charge in [0.1, 0.15) is 11.9 Å². The van der Waals surface area contributed by atoms with E-state index in [-0.39, 0.29) is 11.5 Å². The molecule has 1 aliphatic heterocycles. The highest BCUT2D eigenvalue weighted by Gasteiger charge is 2.60. The Morgan fingerprint density at radius 2 is 1.89 bits per heavy atom. The lowest BCUT2D eigenvalue weighted by molar-refractivity contribution is -0.137. The predicted octanol–water partition coefficient (Wildman–Crippen LogP) is 4.67. The van der Waals surface area contributed by atoms with Gasteiger partial charge in [0.15, 0.2) is 0 Å². The summed E-state index contributed by atoms with van der Waals surface area (Å²) in [7, 11) is 2.16. The van der Waals surface area contributed by atoms with Crippen molar-refractivity contribution < 1.29 is 9.63 Å². The second kappa shape index (κ2) is 6.82. The van der Waals surface area contributed by atoms with Gasteiger partial charge >= 0.3 is 0 Å². The second-order valence-electron chi connectivity index (χ2n) is 11.2. The molecule has 0 radical (unpaired) electrons. The zero-order valence-corrected chi connectivity index (χ0v) is 18.1. The monoisotopic (exact) mass is 386 g/mol. The molecule has 7 atom stereocenters. The van der Waals surface area contributed by atoms with E-state index >= 15 is 0 Å². The van der Waals surface area contributed by atoms with Gasteiger partial charge in [0, 0.05) is 31.3 Å². The minimum Gasteiger partial charge on any atom is -0.391 e. The third kappa shape index (κ3) is 2.88. The van der Waals surface area contributed by atoms with E-state index in [1.807, 2.05) is 0 Å². The number of Topliss-reactive ketones (excluding diaryl/α,β-unsaturated/α-hetero) is 1.